The average molecular weight is 350 g/mol. The molecular formula is C19H18N4OS. The fourth-order valence-electron chi connectivity index (χ4n) is 2.95. The summed E-state index contributed by atoms with van der Waals surface area (Å²) in [5.74, 6) is -0.0926. The molecule has 2 aromatic heterocycles. The van der Waals surface area contributed by atoms with Crippen LogP contribution in [0.4, 0.5) is 5.13 Å². The Bertz CT molecular complexity index is 878. The lowest BCUT2D eigenvalue weighted by Gasteiger charge is -2.28. The number of thiazole rings is 1. The lowest BCUT2D eigenvalue weighted by atomic mass is 10.0. The summed E-state index contributed by atoms with van der Waals surface area (Å²) in [7, 11) is 0. The van der Waals surface area contributed by atoms with Gasteiger partial charge in [0.05, 0.1) is 6.20 Å². The number of nitrogens with zero attached hydrogens (tertiary/aromatic N) is 3. The molecule has 0 saturated heterocycles. The Balaban J connectivity index is 1.41. The first kappa shape index (κ1) is 15.8. The molecule has 4 rings (SSSR count). The minimum Gasteiger partial charge on any atom is -0.347 e. The van der Waals surface area contributed by atoms with Crippen LogP contribution in [0.25, 0.3) is 0 Å². The maximum absolute atomic E-state index is 12.3. The van der Waals surface area contributed by atoms with Crippen molar-refractivity contribution in [2.24, 2.45) is 0 Å². The Morgan fingerprint density at radius 2 is 2.04 bits per heavy atom. The van der Waals surface area contributed by atoms with E-state index in [1.54, 1.807) is 18.6 Å². The van der Waals surface area contributed by atoms with Gasteiger partial charge in [-0.15, -0.1) is 0 Å². The molecule has 1 N–H and O–H groups in total. The van der Waals surface area contributed by atoms with E-state index >= 15 is 0 Å². The molecule has 1 aromatic carbocycles. The second kappa shape index (κ2) is 7.03. The summed E-state index contributed by atoms with van der Waals surface area (Å²) in [5, 5.41) is 3.82. The van der Waals surface area contributed by atoms with E-state index < -0.39 is 0 Å². The van der Waals surface area contributed by atoms with Gasteiger partial charge in [0.1, 0.15) is 4.88 Å². The number of amides is 1. The molecule has 1 amide bonds. The van der Waals surface area contributed by atoms with E-state index in [0.717, 1.165) is 30.2 Å². The zero-order chi connectivity index (χ0) is 17.1. The molecule has 0 fully saturated rings. The first-order valence-corrected chi connectivity index (χ1v) is 9.06. The van der Waals surface area contributed by atoms with Gasteiger partial charge in [-0.3, -0.25) is 9.78 Å². The van der Waals surface area contributed by atoms with Crippen molar-refractivity contribution in [2.45, 2.75) is 19.5 Å². The minimum atomic E-state index is -0.0926. The summed E-state index contributed by atoms with van der Waals surface area (Å²) in [5.41, 5.74) is 3.73. The van der Waals surface area contributed by atoms with Crippen molar-refractivity contribution >= 4 is 22.4 Å². The first-order chi connectivity index (χ1) is 12.3. The Morgan fingerprint density at radius 3 is 2.88 bits per heavy atom. The number of hydrogen-bond acceptors (Lipinski definition) is 5. The van der Waals surface area contributed by atoms with Crippen LogP contribution in [-0.2, 0) is 19.5 Å². The van der Waals surface area contributed by atoms with E-state index in [1.807, 2.05) is 12.1 Å². The molecule has 0 aliphatic carbocycles. The standard InChI is InChI=1S/C19H18N4OS/c24-18(21-11-14-4-3-8-20-10-14)17-12-22-19(25-17)23-9-7-15-5-1-2-6-16(15)13-23/h1-6,8,10,12H,7,9,11,13H2,(H,21,24). The predicted octanol–water partition coefficient (Wildman–Crippen LogP) is 3.03. The van der Waals surface area contributed by atoms with Crippen molar-refractivity contribution in [1.29, 1.82) is 0 Å². The van der Waals surface area contributed by atoms with Crippen molar-refractivity contribution in [3.05, 3.63) is 76.6 Å². The van der Waals surface area contributed by atoms with Gasteiger partial charge in [0.15, 0.2) is 5.13 Å². The van der Waals surface area contributed by atoms with Crippen LogP contribution in [0.2, 0.25) is 0 Å². The molecule has 1 aliphatic heterocycles. The van der Waals surface area contributed by atoms with E-state index in [1.165, 1.54) is 22.5 Å². The molecule has 0 radical (unpaired) electrons. The Morgan fingerprint density at radius 1 is 1.16 bits per heavy atom. The highest BCUT2D eigenvalue weighted by Gasteiger charge is 2.20. The second-order valence-corrected chi connectivity index (χ2v) is 7.00. The van der Waals surface area contributed by atoms with Crippen molar-refractivity contribution < 1.29 is 4.79 Å². The highest BCUT2D eigenvalue weighted by molar-refractivity contribution is 7.17. The number of nitrogens with one attached hydrogen (secondary N) is 1. The predicted molar refractivity (Wildman–Crippen MR) is 98.7 cm³/mol. The van der Waals surface area contributed by atoms with Crippen LogP contribution in [0, 0.1) is 0 Å². The van der Waals surface area contributed by atoms with Crippen LogP contribution in [-0.4, -0.2) is 22.4 Å². The number of rotatable bonds is 4. The Hall–Kier alpha value is -2.73. The molecule has 0 spiro atoms. The summed E-state index contributed by atoms with van der Waals surface area (Å²) in [6.45, 7) is 2.25. The summed E-state index contributed by atoms with van der Waals surface area (Å²) in [4.78, 5) is 23.7. The molecule has 126 valence electrons. The van der Waals surface area contributed by atoms with Crippen molar-refractivity contribution in [3.63, 3.8) is 0 Å². The number of benzene rings is 1. The molecular weight excluding hydrogens is 332 g/mol. The molecule has 1 aliphatic rings. The Labute approximate surface area is 150 Å². The zero-order valence-electron chi connectivity index (χ0n) is 13.7. The molecule has 6 heteroatoms. The molecule has 0 saturated carbocycles. The quantitative estimate of drug-likeness (QED) is 0.786. The molecule has 3 heterocycles. The van der Waals surface area contributed by atoms with Crippen LogP contribution in [0.3, 0.4) is 0 Å². The molecule has 25 heavy (non-hydrogen) atoms. The van der Waals surface area contributed by atoms with Gasteiger partial charge in [-0.05, 0) is 29.2 Å². The smallest absolute Gasteiger partial charge is 0.263 e. The minimum absolute atomic E-state index is 0.0926. The van der Waals surface area contributed by atoms with Crippen LogP contribution < -0.4 is 10.2 Å². The van der Waals surface area contributed by atoms with E-state index in [2.05, 4.69) is 44.5 Å². The monoisotopic (exact) mass is 350 g/mol. The van der Waals surface area contributed by atoms with Crippen LogP contribution >= 0.6 is 11.3 Å². The summed E-state index contributed by atoms with van der Waals surface area (Å²) >= 11 is 1.44. The molecule has 5 nitrogen and oxygen atoms in total. The summed E-state index contributed by atoms with van der Waals surface area (Å²) < 4.78 is 0. The summed E-state index contributed by atoms with van der Waals surface area (Å²) in [6.07, 6.45) is 6.15. The maximum Gasteiger partial charge on any atom is 0.263 e. The number of carbonyl (C=O) groups excluding carboxylic acids is 1. The highest BCUT2D eigenvalue weighted by Crippen LogP contribution is 2.28. The highest BCUT2D eigenvalue weighted by atomic mass is 32.1. The van der Waals surface area contributed by atoms with Gasteiger partial charge < -0.3 is 10.2 Å². The fraction of sp³-hybridized carbons (Fsp3) is 0.211. The van der Waals surface area contributed by atoms with Gasteiger partial charge in [0, 0.05) is 32.0 Å². The molecule has 3 aromatic rings. The number of anilines is 1. The molecule has 0 unspecified atom stereocenters. The van der Waals surface area contributed by atoms with E-state index in [0.29, 0.717) is 11.4 Å². The van der Waals surface area contributed by atoms with Gasteiger partial charge in [-0.1, -0.05) is 41.7 Å². The third-order valence-electron chi connectivity index (χ3n) is 4.29. The van der Waals surface area contributed by atoms with Crippen molar-refractivity contribution in [2.75, 3.05) is 11.4 Å². The molecule has 0 atom stereocenters. The lowest BCUT2D eigenvalue weighted by Crippen LogP contribution is -2.30. The molecule has 0 bridgehead atoms. The van der Waals surface area contributed by atoms with Crippen molar-refractivity contribution in [3.8, 4) is 0 Å². The SMILES string of the molecule is O=C(NCc1cccnc1)c1cnc(N2CCc3ccccc3C2)s1. The average Bonchev–Trinajstić information content (AvgIpc) is 3.17. The summed E-state index contributed by atoms with van der Waals surface area (Å²) in [6, 6.07) is 12.3. The number of fused-ring (bicyclic) bond motifs is 1. The maximum atomic E-state index is 12.3. The van der Waals surface area contributed by atoms with E-state index in [9.17, 15) is 4.79 Å². The second-order valence-electron chi connectivity index (χ2n) is 5.99. The third kappa shape index (κ3) is 3.53. The van der Waals surface area contributed by atoms with Crippen LogP contribution in [0.5, 0.6) is 0 Å². The van der Waals surface area contributed by atoms with E-state index in [4.69, 9.17) is 0 Å². The van der Waals surface area contributed by atoms with Gasteiger partial charge >= 0.3 is 0 Å². The number of carbonyl (C=O) groups is 1. The van der Waals surface area contributed by atoms with E-state index in [-0.39, 0.29) is 5.91 Å². The number of pyridine rings is 1. The first-order valence-electron chi connectivity index (χ1n) is 8.24. The zero-order valence-corrected chi connectivity index (χ0v) is 14.5. The van der Waals surface area contributed by atoms with Gasteiger partial charge in [0.25, 0.3) is 5.91 Å². The number of hydrogen-bond donors (Lipinski definition) is 1. The number of aromatic nitrogens is 2. The van der Waals surface area contributed by atoms with Gasteiger partial charge in [-0.2, -0.15) is 0 Å². The van der Waals surface area contributed by atoms with Gasteiger partial charge in [0.2, 0.25) is 0 Å². The normalized spacial score (nSPS) is 13.4. The fourth-order valence-corrected chi connectivity index (χ4v) is 3.80. The van der Waals surface area contributed by atoms with Crippen LogP contribution in [0.15, 0.2) is 55.0 Å². The third-order valence-corrected chi connectivity index (χ3v) is 5.35. The van der Waals surface area contributed by atoms with Crippen molar-refractivity contribution in [1.82, 2.24) is 15.3 Å². The lowest BCUT2D eigenvalue weighted by molar-refractivity contribution is 0.0954. The Kier molecular flexibility index (Phi) is 4.43. The van der Waals surface area contributed by atoms with Crippen LogP contribution in [0.1, 0.15) is 26.4 Å². The van der Waals surface area contributed by atoms with Gasteiger partial charge in [-0.25, -0.2) is 4.98 Å². The largest absolute Gasteiger partial charge is 0.347 e. The topological polar surface area (TPSA) is 58.1 Å².